The van der Waals surface area contributed by atoms with Crippen LogP contribution in [-0.2, 0) is 0 Å². The molecule has 0 saturated heterocycles. The summed E-state index contributed by atoms with van der Waals surface area (Å²) in [6.45, 7) is 1.88. The van der Waals surface area contributed by atoms with Crippen LogP contribution in [0.25, 0.3) is 0 Å². The maximum atomic E-state index is 13.2. The highest BCUT2D eigenvalue weighted by molar-refractivity contribution is 5.49. The van der Waals surface area contributed by atoms with Crippen LogP contribution in [-0.4, -0.2) is 7.11 Å². The zero-order chi connectivity index (χ0) is 13.8. The van der Waals surface area contributed by atoms with Crippen molar-refractivity contribution in [2.24, 2.45) is 0 Å². The van der Waals surface area contributed by atoms with E-state index in [1.807, 2.05) is 31.2 Å². The van der Waals surface area contributed by atoms with Crippen LogP contribution in [0, 0.1) is 11.6 Å². The molecule has 4 heteroatoms. The molecule has 100 valence electrons. The topological polar surface area (TPSA) is 21.3 Å². The normalized spacial score (nSPS) is 12.0. The molecule has 0 aliphatic carbocycles. The quantitative estimate of drug-likeness (QED) is 0.894. The second-order valence-electron chi connectivity index (χ2n) is 4.27. The summed E-state index contributed by atoms with van der Waals surface area (Å²) in [6.07, 6.45) is 0. The molecular formula is C15H15F2NO. The molecule has 1 unspecified atom stereocenters. The second kappa shape index (κ2) is 5.69. The van der Waals surface area contributed by atoms with Gasteiger partial charge in [-0.25, -0.2) is 8.78 Å². The molecule has 0 heterocycles. The first-order valence-corrected chi connectivity index (χ1v) is 5.95. The van der Waals surface area contributed by atoms with Gasteiger partial charge in [0.1, 0.15) is 5.75 Å². The molecule has 2 rings (SSSR count). The molecule has 19 heavy (non-hydrogen) atoms. The third kappa shape index (κ3) is 3.22. The van der Waals surface area contributed by atoms with Crippen molar-refractivity contribution in [2.45, 2.75) is 13.0 Å². The molecule has 0 bridgehead atoms. The zero-order valence-corrected chi connectivity index (χ0v) is 10.8. The van der Waals surface area contributed by atoms with E-state index >= 15 is 0 Å². The number of rotatable bonds is 4. The van der Waals surface area contributed by atoms with Gasteiger partial charge in [0.25, 0.3) is 0 Å². The molecule has 0 fully saturated rings. The molecule has 0 radical (unpaired) electrons. The summed E-state index contributed by atoms with van der Waals surface area (Å²) in [5.74, 6) is -0.934. The van der Waals surface area contributed by atoms with Gasteiger partial charge in [-0.1, -0.05) is 12.1 Å². The third-order valence-electron chi connectivity index (χ3n) is 2.90. The number of hydrogen-bond acceptors (Lipinski definition) is 2. The largest absolute Gasteiger partial charge is 0.497 e. The van der Waals surface area contributed by atoms with Crippen LogP contribution in [0.15, 0.2) is 42.5 Å². The second-order valence-corrected chi connectivity index (χ2v) is 4.27. The van der Waals surface area contributed by atoms with Gasteiger partial charge in [-0.05, 0) is 36.8 Å². The van der Waals surface area contributed by atoms with Gasteiger partial charge in [-0.2, -0.15) is 0 Å². The van der Waals surface area contributed by atoms with Crippen molar-refractivity contribution in [1.82, 2.24) is 0 Å². The number of nitrogens with one attached hydrogen (secondary N) is 1. The summed E-state index contributed by atoms with van der Waals surface area (Å²) in [5.41, 5.74) is 1.54. The number of methoxy groups -OCH3 is 1. The minimum Gasteiger partial charge on any atom is -0.497 e. The molecule has 0 aliphatic rings. The fraction of sp³-hybridized carbons (Fsp3) is 0.200. The number of anilines is 1. The van der Waals surface area contributed by atoms with Crippen LogP contribution in [0.5, 0.6) is 5.75 Å². The highest BCUT2D eigenvalue weighted by atomic mass is 19.2. The Morgan fingerprint density at radius 1 is 1.05 bits per heavy atom. The molecule has 2 nitrogen and oxygen atoms in total. The molecule has 2 aromatic carbocycles. The van der Waals surface area contributed by atoms with Gasteiger partial charge in [0.05, 0.1) is 7.11 Å². The maximum Gasteiger partial charge on any atom is 0.159 e. The molecule has 0 amide bonds. The molecule has 0 aliphatic heterocycles. The molecule has 1 atom stereocenters. The lowest BCUT2D eigenvalue weighted by molar-refractivity contribution is 0.415. The molecule has 0 aromatic heterocycles. The van der Waals surface area contributed by atoms with E-state index in [-0.39, 0.29) is 6.04 Å². The van der Waals surface area contributed by atoms with Gasteiger partial charge in [0.2, 0.25) is 0 Å². The van der Waals surface area contributed by atoms with Crippen molar-refractivity contribution in [3.8, 4) is 5.75 Å². The highest BCUT2D eigenvalue weighted by Gasteiger charge is 2.09. The van der Waals surface area contributed by atoms with Gasteiger partial charge >= 0.3 is 0 Å². The van der Waals surface area contributed by atoms with Crippen molar-refractivity contribution < 1.29 is 13.5 Å². The number of ether oxygens (including phenoxy) is 1. The van der Waals surface area contributed by atoms with E-state index in [1.165, 1.54) is 6.07 Å². The summed E-state index contributed by atoms with van der Waals surface area (Å²) in [6, 6.07) is 11.2. The van der Waals surface area contributed by atoms with Gasteiger partial charge in [-0.3, -0.25) is 0 Å². The van der Waals surface area contributed by atoms with Crippen LogP contribution in [0.3, 0.4) is 0 Å². The lowest BCUT2D eigenvalue weighted by Gasteiger charge is -2.16. The Balaban J connectivity index is 2.15. The van der Waals surface area contributed by atoms with Gasteiger partial charge in [0, 0.05) is 17.8 Å². The Kier molecular flexibility index (Phi) is 4.00. The van der Waals surface area contributed by atoms with Crippen molar-refractivity contribution in [1.29, 1.82) is 0 Å². The standard InChI is InChI=1S/C15H15F2NO/c1-10(11-6-7-14(16)15(17)8-11)18-12-4-3-5-13(9-12)19-2/h3-10,18H,1-2H3. The lowest BCUT2D eigenvalue weighted by Crippen LogP contribution is -2.07. The summed E-state index contributed by atoms with van der Waals surface area (Å²) in [5, 5.41) is 3.21. The van der Waals surface area contributed by atoms with E-state index in [4.69, 9.17) is 4.74 Å². The smallest absolute Gasteiger partial charge is 0.159 e. The van der Waals surface area contributed by atoms with Gasteiger partial charge in [0.15, 0.2) is 11.6 Å². The van der Waals surface area contributed by atoms with Crippen molar-refractivity contribution in [3.63, 3.8) is 0 Å². The molecule has 2 aromatic rings. The average Bonchev–Trinajstić information content (AvgIpc) is 2.42. The average molecular weight is 263 g/mol. The monoisotopic (exact) mass is 263 g/mol. The van der Waals surface area contributed by atoms with Crippen molar-refractivity contribution >= 4 is 5.69 Å². The van der Waals surface area contributed by atoms with Gasteiger partial charge < -0.3 is 10.1 Å². The summed E-state index contributed by atoms with van der Waals surface area (Å²) in [7, 11) is 1.60. The first-order valence-electron chi connectivity index (χ1n) is 5.95. The molecule has 0 saturated carbocycles. The van der Waals surface area contributed by atoms with E-state index in [0.29, 0.717) is 5.56 Å². The highest BCUT2D eigenvalue weighted by Crippen LogP contribution is 2.23. The van der Waals surface area contributed by atoms with Crippen molar-refractivity contribution in [2.75, 3.05) is 12.4 Å². The van der Waals surface area contributed by atoms with E-state index in [1.54, 1.807) is 13.2 Å². The fourth-order valence-electron chi connectivity index (χ4n) is 1.83. The first kappa shape index (κ1) is 13.3. The fourth-order valence-corrected chi connectivity index (χ4v) is 1.83. The predicted molar refractivity (Wildman–Crippen MR) is 71.4 cm³/mol. The van der Waals surface area contributed by atoms with Crippen LogP contribution in [0.1, 0.15) is 18.5 Å². The van der Waals surface area contributed by atoms with Crippen LogP contribution >= 0.6 is 0 Å². The van der Waals surface area contributed by atoms with Gasteiger partial charge in [-0.15, -0.1) is 0 Å². The Morgan fingerprint density at radius 2 is 1.84 bits per heavy atom. The minimum absolute atomic E-state index is 0.137. The lowest BCUT2D eigenvalue weighted by atomic mass is 10.1. The molecular weight excluding hydrogens is 248 g/mol. The Morgan fingerprint density at radius 3 is 2.53 bits per heavy atom. The zero-order valence-electron chi connectivity index (χ0n) is 10.8. The number of hydrogen-bond donors (Lipinski definition) is 1. The first-order chi connectivity index (χ1) is 9.10. The Hall–Kier alpha value is -2.10. The summed E-state index contributed by atoms with van der Waals surface area (Å²) in [4.78, 5) is 0. The van der Waals surface area contributed by atoms with Crippen LogP contribution in [0.2, 0.25) is 0 Å². The number of benzene rings is 2. The molecule has 0 spiro atoms. The Bertz CT molecular complexity index is 572. The van der Waals surface area contributed by atoms with Crippen LogP contribution in [0.4, 0.5) is 14.5 Å². The van der Waals surface area contributed by atoms with Crippen LogP contribution < -0.4 is 10.1 Å². The Labute approximate surface area is 111 Å². The van der Waals surface area contributed by atoms with E-state index < -0.39 is 11.6 Å². The van der Waals surface area contributed by atoms with Crippen molar-refractivity contribution in [3.05, 3.63) is 59.7 Å². The number of halogens is 2. The van der Waals surface area contributed by atoms with E-state index in [2.05, 4.69) is 5.32 Å². The predicted octanol–water partition coefficient (Wildman–Crippen LogP) is 4.15. The van der Waals surface area contributed by atoms with E-state index in [0.717, 1.165) is 17.5 Å². The third-order valence-corrected chi connectivity index (χ3v) is 2.90. The summed E-state index contributed by atoms with van der Waals surface area (Å²) >= 11 is 0. The SMILES string of the molecule is COc1cccc(NC(C)c2ccc(F)c(F)c2)c1. The minimum atomic E-state index is -0.836. The maximum absolute atomic E-state index is 13.2. The van der Waals surface area contributed by atoms with E-state index in [9.17, 15) is 8.78 Å². The molecule has 1 N–H and O–H groups in total. The summed E-state index contributed by atoms with van der Waals surface area (Å²) < 4.78 is 31.2.